The lowest BCUT2D eigenvalue weighted by atomic mass is 10.1. The number of ketones is 1. The van der Waals surface area contributed by atoms with E-state index >= 15 is 0 Å². The second kappa shape index (κ2) is 7.76. The zero-order chi connectivity index (χ0) is 17.7. The summed E-state index contributed by atoms with van der Waals surface area (Å²) in [6, 6.07) is 4.08. The predicted molar refractivity (Wildman–Crippen MR) is 85.8 cm³/mol. The van der Waals surface area contributed by atoms with Gasteiger partial charge < -0.3 is 20.2 Å². The van der Waals surface area contributed by atoms with Crippen molar-refractivity contribution in [2.24, 2.45) is 0 Å². The van der Waals surface area contributed by atoms with Gasteiger partial charge in [0.2, 0.25) is 0 Å². The first-order valence-corrected chi connectivity index (χ1v) is 7.68. The first kappa shape index (κ1) is 17.7. The average Bonchev–Trinajstić information content (AvgIpc) is 2.54. The van der Waals surface area contributed by atoms with Crippen LogP contribution in [0.15, 0.2) is 18.2 Å². The highest BCUT2D eigenvalue weighted by atomic mass is 19.1. The molecule has 1 saturated heterocycles. The largest absolute Gasteiger partial charge is 0.481 e. The number of carboxylic acid groups (broad SMARTS) is 1. The molecule has 2 N–H and O–H groups in total. The number of nitrogens with zero attached hydrogens (tertiary/aromatic N) is 2. The van der Waals surface area contributed by atoms with Gasteiger partial charge in [-0.15, -0.1) is 0 Å². The van der Waals surface area contributed by atoms with Gasteiger partial charge in [-0.3, -0.25) is 9.59 Å². The van der Waals surface area contributed by atoms with Crippen molar-refractivity contribution in [3.63, 3.8) is 0 Å². The number of aliphatic carboxylic acids is 1. The molecule has 0 aliphatic carbocycles. The van der Waals surface area contributed by atoms with E-state index in [2.05, 4.69) is 5.32 Å². The summed E-state index contributed by atoms with van der Waals surface area (Å²) < 4.78 is 14.2. The summed E-state index contributed by atoms with van der Waals surface area (Å²) in [6.07, 6.45) is -0.126. The number of amides is 2. The molecule has 1 fully saturated rings. The van der Waals surface area contributed by atoms with Gasteiger partial charge in [-0.25, -0.2) is 9.18 Å². The third kappa shape index (κ3) is 4.43. The number of carboxylic acids is 1. The molecule has 1 heterocycles. The average molecular weight is 337 g/mol. The minimum absolute atomic E-state index is 0.0789. The van der Waals surface area contributed by atoms with E-state index in [1.54, 1.807) is 17.0 Å². The van der Waals surface area contributed by atoms with E-state index in [4.69, 9.17) is 5.11 Å². The standard InChI is InChI=1S/C16H20FN3O4/c1-11(21)12-2-3-14(13(17)10-12)19-6-8-20(9-7-19)16(24)18-5-4-15(22)23/h2-3,10H,4-9H2,1H3,(H,18,24)(H,22,23). The molecular weight excluding hydrogens is 317 g/mol. The Morgan fingerprint density at radius 1 is 1.21 bits per heavy atom. The van der Waals surface area contributed by atoms with Gasteiger partial charge in [-0.1, -0.05) is 0 Å². The topological polar surface area (TPSA) is 90.0 Å². The molecule has 1 aromatic rings. The normalized spacial score (nSPS) is 14.4. The molecule has 0 bridgehead atoms. The molecule has 1 aromatic carbocycles. The van der Waals surface area contributed by atoms with Gasteiger partial charge in [0, 0.05) is 38.3 Å². The Morgan fingerprint density at radius 3 is 2.42 bits per heavy atom. The Kier molecular flexibility index (Phi) is 5.73. The number of piperazine rings is 1. The minimum atomic E-state index is -0.968. The van der Waals surface area contributed by atoms with Crippen molar-refractivity contribution in [2.75, 3.05) is 37.6 Å². The Hall–Kier alpha value is -2.64. The van der Waals surface area contributed by atoms with Crippen LogP contribution in [-0.4, -0.2) is 60.5 Å². The molecule has 0 aromatic heterocycles. The number of rotatable bonds is 5. The zero-order valence-electron chi connectivity index (χ0n) is 13.4. The molecule has 2 amide bonds. The van der Waals surface area contributed by atoms with Crippen LogP contribution < -0.4 is 10.2 Å². The van der Waals surface area contributed by atoms with Crippen molar-refractivity contribution in [3.05, 3.63) is 29.6 Å². The van der Waals surface area contributed by atoms with Crippen LogP contribution >= 0.6 is 0 Å². The van der Waals surface area contributed by atoms with E-state index in [0.717, 1.165) is 0 Å². The number of benzene rings is 1. The summed E-state index contributed by atoms with van der Waals surface area (Å²) in [5.41, 5.74) is 0.735. The smallest absolute Gasteiger partial charge is 0.317 e. The molecule has 0 radical (unpaired) electrons. The Morgan fingerprint density at radius 2 is 1.88 bits per heavy atom. The summed E-state index contributed by atoms with van der Waals surface area (Å²) in [5.74, 6) is -1.62. The summed E-state index contributed by atoms with van der Waals surface area (Å²) in [6.45, 7) is 3.21. The molecule has 130 valence electrons. The fraction of sp³-hybridized carbons (Fsp3) is 0.438. The van der Waals surface area contributed by atoms with Crippen molar-refractivity contribution in [2.45, 2.75) is 13.3 Å². The molecule has 24 heavy (non-hydrogen) atoms. The van der Waals surface area contributed by atoms with Crippen molar-refractivity contribution in [1.29, 1.82) is 0 Å². The molecule has 0 unspecified atom stereocenters. The number of halogens is 1. The van der Waals surface area contributed by atoms with Crippen LogP contribution in [0.3, 0.4) is 0 Å². The Bertz CT molecular complexity index is 642. The second-order valence-electron chi connectivity index (χ2n) is 5.57. The number of urea groups is 1. The van der Waals surface area contributed by atoms with E-state index in [1.807, 2.05) is 4.90 Å². The third-order valence-electron chi connectivity index (χ3n) is 3.88. The second-order valence-corrected chi connectivity index (χ2v) is 5.57. The van der Waals surface area contributed by atoms with E-state index in [1.165, 1.54) is 13.0 Å². The van der Waals surface area contributed by atoms with Crippen LogP contribution in [-0.2, 0) is 4.79 Å². The maximum atomic E-state index is 14.2. The molecule has 8 heteroatoms. The third-order valence-corrected chi connectivity index (χ3v) is 3.88. The van der Waals surface area contributed by atoms with Crippen molar-refractivity contribution in [1.82, 2.24) is 10.2 Å². The lowest BCUT2D eigenvalue weighted by Crippen LogP contribution is -2.52. The monoisotopic (exact) mass is 337 g/mol. The van der Waals surface area contributed by atoms with Crippen LogP contribution in [0.4, 0.5) is 14.9 Å². The number of Topliss-reactive ketones (excluding diaryl/α,β-unsaturated/α-hetero) is 1. The molecule has 0 saturated carbocycles. The van der Waals surface area contributed by atoms with Gasteiger partial charge in [0.1, 0.15) is 5.82 Å². The van der Waals surface area contributed by atoms with Gasteiger partial charge >= 0.3 is 12.0 Å². The minimum Gasteiger partial charge on any atom is -0.481 e. The predicted octanol–water partition coefficient (Wildman–Crippen LogP) is 1.33. The molecule has 1 aliphatic rings. The first-order valence-electron chi connectivity index (χ1n) is 7.68. The number of anilines is 1. The highest BCUT2D eigenvalue weighted by molar-refractivity contribution is 5.94. The van der Waals surface area contributed by atoms with Crippen LogP contribution in [0.5, 0.6) is 0 Å². The fourth-order valence-electron chi connectivity index (χ4n) is 2.52. The maximum Gasteiger partial charge on any atom is 0.317 e. The molecule has 1 aliphatic heterocycles. The maximum absolute atomic E-state index is 14.2. The van der Waals surface area contributed by atoms with E-state index in [-0.39, 0.29) is 24.8 Å². The summed E-state index contributed by atoms with van der Waals surface area (Å²) >= 11 is 0. The SMILES string of the molecule is CC(=O)c1ccc(N2CCN(C(=O)NCCC(=O)O)CC2)c(F)c1. The molecular formula is C16H20FN3O4. The van der Waals surface area contributed by atoms with Gasteiger partial charge in [0.05, 0.1) is 12.1 Å². The zero-order valence-corrected chi connectivity index (χ0v) is 13.4. The van der Waals surface area contributed by atoms with Crippen molar-refractivity contribution in [3.8, 4) is 0 Å². The van der Waals surface area contributed by atoms with Gasteiger partial charge in [0.25, 0.3) is 0 Å². The molecule has 0 atom stereocenters. The van der Waals surface area contributed by atoms with Crippen LogP contribution in [0.2, 0.25) is 0 Å². The highest BCUT2D eigenvalue weighted by Gasteiger charge is 2.23. The van der Waals surface area contributed by atoms with Gasteiger partial charge in [0.15, 0.2) is 5.78 Å². The number of hydrogen-bond donors (Lipinski definition) is 2. The van der Waals surface area contributed by atoms with E-state index < -0.39 is 11.8 Å². The summed E-state index contributed by atoms with van der Waals surface area (Å²) in [7, 11) is 0. The lowest BCUT2D eigenvalue weighted by Gasteiger charge is -2.36. The Balaban J connectivity index is 1.89. The Labute approximate surface area is 139 Å². The summed E-state index contributed by atoms with van der Waals surface area (Å²) in [5, 5.41) is 11.1. The van der Waals surface area contributed by atoms with Gasteiger partial charge in [-0.2, -0.15) is 0 Å². The number of carbonyl (C=O) groups is 3. The number of hydrogen-bond acceptors (Lipinski definition) is 4. The van der Waals surface area contributed by atoms with Crippen LogP contribution in [0.25, 0.3) is 0 Å². The first-order chi connectivity index (χ1) is 11.4. The lowest BCUT2D eigenvalue weighted by molar-refractivity contribution is -0.136. The van der Waals surface area contributed by atoms with E-state index in [0.29, 0.717) is 37.4 Å². The van der Waals surface area contributed by atoms with Gasteiger partial charge in [-0.05, 0) is 25.1 Å². The fourth-order valence-corrected chi connectivity index (χ4v) is 2.52. The highest BCUT2D eigenvalue weighted by Crippen LogP contribution is 2.22. The van der Waals surface area contributed by atoms with E-state index in [9.17, 15) is 18.8 Å². The van der Waals surface area contributed by atoms with Crippen molar-refractivity contribution >= 4 is 23.5 Å². The van der Waals surface area contributed by atoms with Crippen molar-refractivity contribution < 1.29 is 23.9 Å². The van der Waals surface area contributed by atoms with Crippen LogP contribution in [0, 0.1) is 5.82 Å². The molecule has 7 nitrogen and oxygen atoms in total. The molecule has 2 rings (SSSR count). The quantitative estimate of drug-likeness (QED) is 0.791. The molecule has 0 spiro atoms. The van der Waals surface area contributed by atoms with Crippen LogP contribution in [0.1, 0.15) is 23.7 Å². The number of carbonyl (C=O) groups excluding carboxylic acids is 2. The number of nitrogens with one attached hydrogen (secondary N) is 1. The summed E-state index contributed by atoms with van der Waals surface area (Å²) in [4.78, 5) is 37.0.